The lowest BCUT2D eigenvalue weighted by Gasteiger charge is -2.17. The van der Waals surface area contributed by atoms with Crippen LogP contribution in [0.3, 0.4) is 0 Å². The summed E-state index contributed by atoms with van der Waals surface area (Å²) >= 11 is 0. The molecule has 1 heteroatoms. The highest BCUT2D eigenvalue weighted by Gasteiger charge is 2.31. The van der Waals surface area contributed by atoms with Gasteiger partial charge in [0.05, 0.1) is 0 Å². The van der Waals surface area contributed by atoms with Gasteiger partial charge in [-0.3, -0.25) is 0 Å². The highest BCUT2D eigenvalue weighted by molar-refractivity contribution is 4.85. The molecule has 2 unspecified atom stereocenters. The van der Waals surface area contributed by atoms with Gasteiger partial charge in [0.15, 0.2) is 0 Å². The molecule has 0 aromatic carbocycles. The van der Waals surface area contributed by atoms with Crippen molar-refractivity contribution in [2.24, 2.45) is 11.8 Å². The molecule has 2 rings (SSSR count). The Morgan fingerprint density at radius 3 is 2.25 bits per heavy atom. The van der Waals surface area contributed by atoms with Gasteiger partial charge in [-0.25, -0.2) is 0 Å². The van der Waals surface area contributed by atoms with E-state index in [0.717, 1.165) is 17.9 Å². The van der Waals surface area contributed by atoms with Crippen LogP contribution in [0.25, 0.3) is 0 Å². The van der Waals surface area contributed by atoms with Gasteiger partial charge < -0.3 is 5.32 Å². The fourth-order valence-corrected chi connectivity index (χ4v) is 3.14. The normalized spacial score (nSPS) is 37.8. The SMILES string of the molecule is CNC1CCC(C2CCCC2)C1. The lowest BCUT2D eigenvalue weighted by molar-refractivity contribution is 0.340. The molecule has 70 valence electrons. The maximum atomic E-state index is 3.42. The quantitative estimate of drug-likeness (QED) is 0.666. The number of rotatable bonds is 2. The molecule has 2 fully saturated rings. The molecule has 2 saturated carbocycles. The van der Waals surface area contributed by atoms with Crippen LogP contribution in [0.15, 0.2) is 0 Å². The summed E-state index contributed by atoms with van der Waals surface area (Å²) in [5, 5.41) is 3.42. The predicted octanol–water partition coefficient (Wildman–Crippen LogP) is 2.56. The maximum Gasteiger partial charge on any atom is 0.00669 e. The molecular weight excluding hydrogens is 146 g/mol. The number of hydrogen-bond donors (Lipinski definition) is 1. The minimum absolute atomic E-state index is 0.843. The van der Waals surface area contributed by atoms with Crippen molar-refractivity contribution in [2.45, 2.75) is 51.0 Å². The van der Waals surface area contributed by atoms with Gasteiger partial charge in [-0.2, -0.15) is 0 Å². The molecule has 0 bridgehead atoms. The van der Waals surface area contributed by atoms with E-state index in [1.54, 1.807) is 0 Å². The lowest BCUT2D eigenvalue weighted by Crippen LogP contribution is -2.22. The molecule has 0 heterocycles. The fourth-order valence-electron chi connectivity index (χ4n) is 3.14. The third-order valence-electron chi connectivity index (χ3n) is 3.95. The van der Waals surface area contributed by atoms with Gasteiger partial charge in [-0.1, -0.05) is 25.7 Å². The van der Waals surface area contributed by atoms with Gasteiger partial charge in [0.1, 0.15) is 0 Å². The van der Waals surface area contributed by atoms with E-state index >= 15 is 0 Å². The van der Waals surface area contributed by atoms with Crippen molar-refractivity contribution in [3.8, 4) is 0 Å². The van der Waals surface area contributed by atoms with E-state index in [0.29, 0.717) is 0 Å². The van der Waals surface area contributed by atoms with Crippen LogP contribution in [0.1, 0.15) is 44.9 Å². The average Bonchev–Trinajstić information content (AvgIpc) is 2.75. The van der Waals surface area contributed by atoms with Crippen LogP contribution in [-0.4, -0.2) is 13.1 Å². The Balaban J connectivity index is 1.81. The molecule has 0 saturated heterocycles. The van der Waals surface area contributed by atoms with Gasteiger partial charge >= 0.3 is 0 Å². The van der Waals surface area contributed by atoms with Crippen LogP contribution in [0.5, 0.6) is 0 Å². The van der Waals surface area contributed by atoms with Crippen molar-refractivity contribution in [3.63, 3.8) is 0 Å². The van der Waals surface area contributed by atoms with Crippen LogP contribution in [-0.2, 0) is 0 Å². The molecular formula is C11H21N. The largest absolute Gasteiger partial charge is 0.317 e. The first-order valence-corrected chi connectivity index (χ1v) is 5.57. The first-order valence-electron chi connectivity index (χ1n) is 5.57. The van der Waals surface area contributed by atoms with Crippen LogP contribution < -0.4 is 5.32 Å². The van der Waals surface area contributed by atoms with E-state index in [2.05, 4.69) is 12.4 Å². The molecule has 0 radical (unpaired) electrons. The van der Waals surface area contributed by atoms with Gasteiger partial charge in [-0.15, -0.1) is 0 Å². The third kappa shape index (κ3) is 1.66. The van der Waals surface area contributed by atoms with Crippen LogP contribution >= 0.6 is 0 Å². The molecule has 1 nitrogen and oxygen atoms in total. The molecule has 0 aliphatic heterocycles. The standard InChI is InChI=1S/C11H21N/c1-12-11-7-6-10(8-11)9-4-2-3-5-9/h9-12H,2-8H2,1H3. The Labute approximate surface area is 75.9 Å². The van der Waals surface area contributed by atoms with Gasteiger partial charge in [0.25, 0.3) is 0 Å². The molecule has 0 aromatic rings. The van der Waals surface area contributed by atoms with Crippen LogP contribution in [0, 0.1) is 11.8 Å². The van der Waals surface area contributed by atoms with Crippen LogP contribution in [0.2, 0.25) is 0 Å². The van der Waals surface area contributed by atoms with Gasteiger partial charge in [0, 0.05) is 6.04 Å². The van der Waals surface area contributed by atoms with Crippen LogP contribution in [0.4, 0.5) is 0 Å². The van der Waals surface area contributed by atoms with Crippen molar-refractivity contribution in [2.75, 3.05) is 7.05 Å². The summed E-state index contributed by atoms with van der Waals surface area (Å²) < 4.78 is 0. The van der Waals surface area contributed by atoms with Gasteiger partial charge in [-0.05, 0) is 38.1 Å². The Morgan fingerprint density at radius 2 is 1.67 bits per heavy atom. The first kappa shape index (κ1) is 8.55. The molecule has 2 aliphatic carbocycles. The summed E-state index contributed by atoms with van der Waals surface area (Å²) in [4.78, 5) is 0. The topological polar surface area (TPSA) is 12.0 Å². The second-order valence-electron chi connectivity index (χ2n) is 4.60. The third-order valence-corrected chi connectivity index (χ3v) is 3.95. The Morgan fingerprint density at radius 1 is 0.917 bits per heavy atom. The Hall–Kier alpha value is -0.0400. The second kappa shape index (κ2) is 3.78. The molecule has 2 aliphatic rings. The van der Waals surface area contributed by atoms with E-state index < -0.39 is 0 Å². The highest BCUT2D eigenvalue weighted by atomic mass is 14.9. The van der Waals surface area contributed by atoms with E-state index in [4.69, 9.17) is 0 Å². The zero-order valence-electron chi connectivity index (χ0n) is 8.18. The number of hydrogen-bond acceptors (Lipinski definition) is 1. The summed E-state index contributed by atoms with van der Waals surface area (Å²) in [5.74, 6) is 2.17. The molecule has 2 atom stereocenters. The van der Waals surface area contributed by atoms with Crippen molar-refractivity contribution in [1.82, 2.24) is 5.32 Å². The summed E-state index contributed by atoms with van der Waals surface area (Å²) in [6.07, 6.45) is 10.5. The molecule has 0 spiro atoms. The summed E-state index contributed by atoms with van der Waals surface area (Å²) in [6.45, 7) is 0. The smallest absolute Gasteiger partial charge is 0.00669 e. The van der Waals surface area contributed by atoms with Gasteiger partial charge in [0.2, 0.25) is 0 Å². The zero-order chi connectivity index (χ0) is 8.39. The minimum atomic E-state index is 0.843. The molecule has 0 amide bonds. The Bertz CT molecular complexity index is 138. The Kier molecular flexibility index (Phi) is 2.69. The monoisotopic (exact) mass is 167 g/mol. The fraction of sp³-hybridized carbons (Fsp3) is 1.00. The van der Waals surface area contributed by atoms with Crippen molar-refractivity contribution in [3.05, 3.63) is 0 Å². The molecule has 12 heavy (non-hydrogen) atoms. The molecule has 1 N–H and O–H groups in total. The predicted molar refractivity (Wildman–Crippen MR) is 52.1 cm³/mol. The van der Waals surface area contributed by atoms with Crippen molar-refractivity contribution < 1.29 is 0 Å². The van der Waals surface area contributed by atoms with E-state index in [-0.39, 0.29) is 0 Å². The number of nitrogens with one attached hydrogen (secondary N) is 1. The minimum Gasteiger partial charge on any atom is -0.317 e. The van der Waals surface area contributed by atoms with E-state index in [9.17, 15) is 0 Å². The molecule has 0 aromatic heterocycles. The maximum absolute atomic E-state index is 3.42. The zero-order valence-corrected chi connectivity index (χ0v) is 8.18. The lowest BCUT2D eigenvalue weighted by atomic mass is 9.89. The van der Waals surface area contributed by atoms with E-state index in [1.165, 1.54) is 44.9 Å². The average molecular weight is 167 g/mol. The van der Waals surface area contributed by atoms with Crippen molar-refractivity contribution in [1.29, 1.82) is 0 Å². The van der Waals surface area contributed by atoms with Crippen molar-refractivity contribution >= 4 is 0 Å². The van der Waals surface area contributed by atoms with E-state index in [1.807, 2.05) is 0 Å². The first-order chi connectivity index (χ1) is 5.90. The summed E-state index contributed by atoms with van der Waals surface area (Å²) in [7, 11) is 2.11. The summed E-state index contributed by atoms with van der Waals surface area (Å²) in [5.41, 5.74) is 0. The summed E-state index contributed by atoms with van der Waals surface area (Å²) in [6, 6.07) is 0.843. The highest BCUT2D eigenvalue weighted by Crippen LogP contribution is 2.40. The second-order valence-corrected chi connectivity index (χ2v) is 4.60.